The van der Waals surface area contributed by atoms with Gasteiger partial charge in [0.1, 0.15) is 0 Å². The van der Waals surface area contributed by atoms with Gasteiger partial charge in [-0.1, -0.05) is 0 Å². The summed E-state index contributed by atoms with van der Waals surface area (Å²) >= 11 is 0.418. The minimum absolute atomic E-state index is 0.418. The molecular formula is C17H12NSe+. The summed E-state index contributed by atoms with van der Waals surface area (Å²) in [6, 6.07) is 26.0. The van der Waals surface area contributed by atoms with E-state index in [2.05, 4.69) is 77.2 Å². The van der Waals surface area contributed by atoms with Crippen molar-refractivity contribution in [1.82, 2.24) is 0 Å². The van der Waals surface area contributed by atoms with Crippen molar-refractivity contribution in [2.24, 2.45) is 0 Å². The van der Waals surface area contributed by atoms with Crippen molar-refractivity contribution in [3.05, 3.63) is 72.8 Å². The maximum atomic E-state index is 2.41. The van der Waals surface area contributed by atoms with Crippen LogP contribution in [0, 0.1) is 0 Å². The van der Waals surface area contributed by atoms with Crippen molar-refractivity contribution < 1.29 is 4.40 Å². The fraction of sp³-hybridized carbons (Fsp3) is 0. The molecule has 0 saturated carbocycles. The Kier molecular flexibility index (Phi) is 2.51. The van der Waals surface area contributed by atoms with Crippen LogP contribution in [-0.2, 0) is 0 Å². The van der Waals surface area contributed by atoms with E-state index in [9.17, 15) is 0 Å². The number of hydrogen-bond acceptors (Lipinski definition) is 0. The number of benzene rings is 2. The Labute approximate surface area is 117 Å². The molecule has 0 unspecified atom stereocenters. The predicted octanol–water partition coefficient (Wildman–Crippen LogP) is 3.30. The molecule has 0 aliphatic heterocycles. The number of nitrogens with zero attached hydrogens (tertiary/aromatic N) is 1. The van der Waals surface area contributed by atoms with Gasteiger partial charge in [0.15, 0.2) is 0 Å². The van der Waals surface area contributed by atoms with Crippen LogP contribution in [0.5, 0.6) is 0 Å². The number of aromatic nitrogens is 1. The first-order valence-corrected chi connectivity index (χ1v) is 8.02. The van der Waals surface area contributed by atoms with Crippen molar-refractivity contribution in [2.45, 2.75) is 0 Å². The minimum atomic E-state index is 0.418. The van der Waals surface area contributed by atoms with E-state index in [4.69, 9.17) is 0 Å². The van der Waals surface area contributed by atoms with Gasteiger partial charge in [0.2, 0.25) is 0 Å². The molecule has 2 aromatic carbocycles. The van der Waals surface area contributed by atoms with E-state index >= 15 is 0 Å². The van der Waals surface area contributed by atoms with Gasteiger partial charge in [0.05, 0.1) is 0 Å². The molecular weight excluding hydrogens is 297 g/mol. The Morgan fingerprint density at radius 1 is 0.684 bits per heavy atom. The quantitative estimate of drug-likeness (QED) is 0.375. The maximum absolute atomic E-state index is 2.41. The molecule has 4 rings (SSSR count). The zero-order valence-corrected chi connectivity index (χ0v) is 12.0. The Hall–Kier alpha value is -1.89. The van der Waals surface area contributed by atoms with E-state index in [1.165, 1.54) is 25.4 Å². The van der Waals surface area contributed by atoms with Gasteiger partial charge in [0.25, 0.3) is 0 Å². The Morgan fingerprint density at radius 3 is 2.37 bits per heavy atom. The van der Waals surface area contributed by atoms with Crippen LogP contribution in [0.25, 0.3) is 25.4 Å². The monoisotopic (exact) mass is 310 g/mol. The molecule has 0 saturated heterocycles. The molecule has 2 aromatic heterocycles. The number of fused-ring (bicyclic) bond motifs is 3. The summed E-state index contributed by atoms with van der Waals surface area (Å²) in [4.78, 5) is 0. The van der Waals surface area contributed by atoms with Gasteiger partial charge < -0.3 is 0 Å². The third-order valence-electron chi connectivity index (χ3n) is 3.34. The van der Waals surface area contributed by atoms with Crippen LogP contribution in [0.15, 0.2) is 72.8 Å². The molecule has 0 atom stereocenters. The van der Waals surface area contributed by atoms with E-state index in [1.807, 2.05) is 0 Å². The molecule has 0 radical (unpaired) electrons. The van der Waals surface area contributed by atoms with Crippen LogP contribution in [0.3, 0.4) is 0 Å². The van der Waals surface area contributed by atoms with Crippen LogP contribution in [0.4, 0.5) is 0 Å². The van der Waals surface area contributed by atoms with Crippen molar-refractivity contribution in [1.29, 1.82) is 0 Å². The van der Waals surface area contributed by atoms with Crippen LogP contribution in [0.2, 0.25) is 0 Å². The first kappa shape index (κ1) is 11.0. The van der Waals surface area contributed by atoms with Crippen molar-refractivity contribution in [3.63, 3.8) is 0 Å². The van der Waals surface area contributed by atoms with E-state index in [1.54, 1.807) is 0 Å². The molecule has 0 amide bonds. The van der Waals surface area contributed by atoms with Crippen molar-refractivity contribution >= 4 is 28.7 Å². The average molecular weight is 309 g/mol. The number of para-hydroxylation sites is 1. The van der Waals surface area contributed by atoms with E-state index < -0.39 is 0 Å². The topological polar surface area (TPSA) is 4.10 Å². The summed E-state index contributed by atoms with van der Waals surface area (Å²) < 4.78 is 5.30. The second-order valence-corrected chi connectivity index (χ2v) is 6.75. The standard InChI is InChI=1S/C17H12NSe/c1-2-7-13(8-3-1)14-10-6-12-17-18(14)15-9-4-5-11-16(15)19-17/h1-12H/q+1. The molecule has 0 aliphatic rings. The summed E-state index contributed by atoms with van der Waals surface area (Å²) in [5.74, 6) is 0. The first-order valence-electron chi connectivity index (χ1n) is 6.31. The van der Waals surface area contributed by atoms with Crippen molar-refractivity contribution in [3.8, 4) is 11.3 Å². The van der Waals surface area contributed by atoms with E-state index in [0.717, 1.165) is 0 Å². The third-order valence-corrected chi connectivity index (χ3v) is 5.64. The average Bonchev–Trinajstić information content (AvgIpc) is 2.86. The molecule has 0 bridgehead atoms. The molecule has 90 valence electrons. The van der Waals surface area contributed by atoms with Crippen LogP contribution < -0.4 is 4.40 Å². The summed E-state index contributed by atoms with van der Waals surface area (Å²) in [5, 5.41) is 0. The number of hydrogen-bond donors (Lipinski definition) is 0. The van der Waals surface area contributed by atoms with Gasteiger partial charge in [-0.25, -0.2) is 0 Å². The van der Waals surface area contributed by atoms with Gasteiger partial charge in [-0.2, -0.15) is 0 Å². The molecule has 0 spiro atoms. The number of pyridine rings is 1. The Morgan fingerprint density at radius 2 is 1.47 bits per heavy atom. The van der Waals surface area contributed by atoms with Crippen LogP contribution in [-0.4, -0.2) is 14.5 Å². The summed E-state index contributed by atoms with van der Waals surface area (Å²) in [7, 11) is 0. The SMILES string of the molecule is c1ccc(-c2cccc3[se]c4ccccc4[n+]23)cc1. The molecule has 0 N–H and O–H groups in total. The molecule has 19 heavy (non-hydrogen) atoms. The van der Waals surface area contributed by atoms with Gasteiger partial charge in [-0.3, -0.25) is 0 Å². The number of rotatable bonds is 1. The second-order valence-electron chi connectivity index (χ2n) is 4.52. The fourth-order valence-electron chi connectivity index (χ4n) is 2.49. The van der Waals surface area contributed by atoms with Crippen LogP contribution >= 0.6 is 0 Å². The third kappa shape index (κ3) is 1.73. The van der Waals surface area contributed by atoms with E-state index in [0.29, 0.717) is 14.5 Å². The van der Waals surface area contributed by atoms with Gasteiger partial charge in [0, 0.05) is 0 Å². The summed E-state index contributed by atoms with van der Waals surface area (Å²) in [6.07, 6.45) is 0. The first-order chi connectivity index (χ1) is 9.43. The van der Waals surface area contributed by atoms with Gasteiger partial charge >= 0.3 is 117 Å². The molecule has 0 fully saturated rings. The molecule has 4 aromatic rings. The van der Waals surface area contributed by atoms with Crippen molar-refractivity contribution in [2.75, 3.05) is 0 Å². The van der Waals surface area contributed by atoms with Gasteiger partial charge in [-0.05, 0) is 0 Å². The molecule has 2 heterocycles. The second kappa shape index (κ2) is 4.34. The molecule has 0 aliphatic carbocycles. The molecule has 1 nitrogen and oxygen atoms in total. The van der Waals surface area contributed by atoms with Crippen LogP contribution in [0.1, 0.15) is 0 Å². The normalized spacial score (nSPS) is 11.2. The predicted molar refractivity (Wildman–Crippen MR) is 79.5 cm³/mol. The van der Waals surface area contributed by atoms with E-state index in [-0.39, 0.29) is 0 Å². The molecule has 2 heteroatoms. The fourth-order valence-corrected chi connectivity index (χ4v) is 4.74. The van der Waals surface area contributed by atoms with Gasteiger partial charge in [-0.15, -0.1) is 0 Å². The Bertz CT molecular complexity index is 862. The zero-order chi connectivity index (χ0) is 12.7. The Balaban J connectivity index is 2.17. The summed E-state index contributed by atoms with van der Waals surface area (Å²) in [5.41, 5.74) is 3.90. The summed E-state index contributed by atoms with van der Waals surface area (Å²) in [6.45, 7) is 0. The zero-order valence-electron chi connectivity index (χ0n) is 10.3.